The Labute approximate surface area is 704 Å². The molecule has 0 bridgehead atoms. The molecule has 2 amide bonds. The van der Waals surface area contributed by atoms with Gasteiger partial charge in [0.1, 0.15) is 35.8 Å². The molecule has 12 rings (SSSR count). The van der Waals surface area contributed by atoms with E-state index < -0.39 is 146 Å². The van der Waals surface area contributed by atoms with E-state index in [0.717, 1.165) is 154 Å². The smallest absolute Gasteiger partial charge is 0.545 e. The van der Waals surface area contributed by atoms with Crippen LogP contribution in [0.4, 0.5) is 61.0 Å². The molecule has 0 unspecified atom stereocenters. The summed E-state index contributed by atoms with van der Waals surface area (Å²) < 4.78 is 198. The second kappa shape index (κ2) is 41.2. The molecule has 0 spiro atoms. The number of anilines is 3. The number of benzene rings is 9. The molecule has 0 aliphatic heterocycles. The van der Waals surface area contributed by atoms with Crippen LogP contribution >= 0.6 is 0 Å². The predicted molar refractivity (Wildman–Crippen MR) is 417 cm³/mol. The third-order valence-corrected chi connectivity index (χ3v) is 25.6. The molecule has 626 valence electrons. The van der Waals surface area contributed by atoms with Gasteiger partial charge >= 0.3 is 41.5 Å². The van der Waals surface area contributed by atoms with Crippen molar-refractivity contribution in [1.82, 2.24) is 8.61 Å². The fraction of sp³-hybridized carbons (Fsp3) is 0.322. The number of nitrogens with zero attached hydrogens (tertiary/aromatic N) is 4. The number of esters is 1. The summed E-state index contributed by atoms with van der Waals surface area (Å²) in [6.07, 6.45) is 17.7. The number of amides is 2. The van der Waals surface area contributed by atoms with Gasteiger partial charge in [-0.1, -0.05) is 161 Å². The zero-order chi connectivity index (χ0) is 85.6. The van der Waals surface area contributed by atoms with Crippen molar-refractivity contribution in [3.8, 4) is 11.5 Å². The van der Waals surface area contributed by atoms with E-state index >= 15 is 0 Å². The molecule has 119 heavy (non-hydrogen) atoms. The van der Waals surface area contributed by atoms with Gasteiger partial charge in [-0.2, -0.15) is 8.61 Å². The Hall–Kier alpha value is -10.2. The number of hydrogen-bond donors (Lipinski definition) is 4. The van der Waals surface area contributed by atoms with E-state index in [9.17, 15) is 105 Å². The van der Waals surface area contributed by atoms with Crippen LogP contribution in [0.3, 0.4) is 0 Å². The Bertz CT molecular complexity index is 5050. The monoisotopic (exact) mass is 1700 g/mol. The van der Waals surface area contributed by atoms with Crippen LogP contribution < -0.4 is 49.8 Å². The number of likely N-dealkylation sites (N-methyl/N-ethyl adjacent to an activating group) is 2. The van der Waals surface area contributed by atoms with Crippen molar-refractivity contribution in [3.63, 3.8) is 0 Å². The SMILES string of the molecule is C[C@H](C(=O)N(Cc1ccc(C2CCCCC2)cc1)c1ccc(C(=O)O)c(O)c1)N(C)S(=O)(=O)c1c(F)c(F)c(F)c(F)c1F.C[C@H](C(=O)N(Cc1ccc(C2CCCCC2)cc1)c1ccc(C(=O)[O-])c(O)c1)N(C)S(=O)(=O)c1c(F)c(F)c(F)c(F)c1F.O=C(OCc1ccccc1)c1ccc(NCc2ccc(C3CCCCC3)cc2)cc1.[Na+]. The molecule has 0 saturated heterocycles. The fourth-order valence-corrected chi connectivity index (χ4v) is 17.4. The summed E-state index contributed by atoms with van der Waals surface area (Å²) in [5, 5.41) is 44.5. The zero-order valence-corrected chi connectivity index (χ0v) is 69.3. The first-order valence-electron chi connectivity index (χ1n) is 38.1. The fourth-order valence-electron chi connectivity index (χ4n) is 14.5. The molecule has 2 atom stereocenters. The topological polar surface area (TPSA) is 272 Å². The van der Waals surface area contributed by atoms with Crippen LogP contribution in [-0.4, -0.2) is 96.7 Å². The van der Waals surface area contributed by atoms with E-state index in [0.29, 0.717) is 28.5 Å². The minimum Gasteiger partial charge on any atom is -0.545 e. The van der Waals surface area contributed by atoms with Crippen LogP contribution in [0.1, 0.15) is 198 Å². The van der Waals surface area contributed by atoms with E-state index in [4.69, 9.17) is 4.74 Å². The number of nitrogens with one attached hydrogen (secondary N) is 1. The van der Waals surface area contributed by atoms with Gasteiger partial charge in [0.2, 0.25) is 43.5 Å². The summed E-state index contributed by atoms with van der Waals surface area (Å²) in [6.45, 7) is 2.68. The first-order valence-corrected chi connectivity index (χ1v) is 41.0. The number of carbonyl (C=O) groups excluding carboxylic acids is 4. The Morgan fingerprint density at radius 3 is 1.12 bits per heavy atom. The van der Waals surface area contributed by atoms with Crippen LogP contribution in [0.2, 0.25) is 0 Å². The van der Waals surface area contributed by atoms with Crippen molar-refractivity contribution < 1.29 is 139 Å². The average molecular weight is 1700 g/mol. The minimum absolute atomic E-state index is 0. The second-order valence-corrected chi connectivity index (χ2v) is 33.1. The molecule has 32 heteroatoms. The Kier molecular flexibility index (Phi) is 32.1. The summed E-state index contributed by atoms with van der Waals surface area (Å²) in [4.78, 5) is 60.3. The van der Waals surface area contributed by atoms with Crippen molar-refractivity contribution in [2.24, 2.45) is 0 Å². The van der Waals surface area contributed by atoms with Crippen molar-refractivity contribution in [1.29, 1.82) is 0 Å². The number of hydrogen-bond acceptors (Lipinski definition) is 14. The largest absolute Gasteiger partial charge is 1.00 e. The van der Waals surface area contributed by atoms with Gasteiger partial charge < -0.3 is 45.1 Å². The molecular weight excluding hydrogens is 1620 g/mol. The standard InChI is InChI=1S/2C30H29F5N2O6S.C27H29NO2.Na/c2*1-16(36(2)44(42,43)28-26(34)24(32)23(31)25(33)27(28)35)29(39)37(20-12-13-21(30(40)41)22(38)14-20)15-17-8-10-19(11-9-17)18-6-4-3-5-7-18;29-27(30-20-22-7-3-1-4-8-22)25-15-17-26(18-16-25)28-19-21-11-13-24(14-12-21)23-9-5-2-6-10-23;/h2*8-14,16,18,38H,3-7,15H2,1-2H3,(H,40,41);1,3-4,7-8,11-18,23,28H,2,5-6,9-10,19-20H2;/q;;;+1/p-1/t2*16-;;/m11../s1. The van der Waals surface area contributed by atoms with Crippen LogP contribution in [0, 0.1) is 58.2 Å². The number of carboxylic acid groups (broad SMARTS) is 2. The Balaban J connectivity index is 0.000000206. The Morgan fingerprint density at radius 1 is 0.445 bits per heavy atom. The van der Waals surface area contributed by atoms with E-state index in [2.05, 4.69) is 29.6 Å². The minimum atomic E-state index is -5.49. The number of ether oxygens (including phenoxy) is 1. The summed E-state index contributed by atoms with van der Waals surface area (Å²) in [5.41, 5.74) is 7.42. The number of carboxylic acids is 2. The maximum absolute atomic E-state index is 14.5. The maximum Gasteiger partial charge on any atom is 1.00 e. The predicted octanol–water partition coefficient (Wildman–Crippen LogP) is 14.5. The maximum atomic E-state index is 14.5. The molecule has 3 fully saturated rings. The molecule has 3 aliphatic carbocycles. The molecule has 0 radical (unpaired) electrons. The number of phenols is 2. The van der Waals surface area contributed by atoms with Crippen LogP contribution in [0.5, 0.6) is 11.5 Å². The molecule has 3 aliphatic rings. The normalized spacial score (nSPS) is 14.6. The van der Waals surface area contributed by atoms with Gasteiger partial charge in [0.25, 0.3) is 0 Å². The number of halogens is 10. The molecular formula is C87H86F10N5NaO14S2. The molecule has 0 heterocycles. The molecule has 4 N–H and O–H groups in total. The van der Waals surface area contributed by atoms with E-state index in [1.807, 2.05) is 78.9 Å². The van der Waals surface area contributed by atoms with Crippen LogP contribution in [0.15, 0.2) is 174 Å². The van der Waals surface area contributed by atoms with Gasteiger partial charge in [0.05, 0.1) is 24.6 Å². The third-order valence-electron chi connectivity index (χ3n) is 21.7. The molecule has 3 saturated carbocycles. The van der Waals surface area contributed by atoms with Crippen LogP contribution in [-0.2, 0) is 60.6 Å². The first kappa shape index (κ1) is 92.7. The zero-order valence-electron chi connectivity index (χ0n) is 65.6. The quantitative estimate of drug-likeness (QED) is 0.0136. The molecule has 19 nitrogen and oxygen atoms in total. The summed E-state index contributed by atoms with van der Waals surface area (Å²) in [7, 11) is -9.50. The van der Waals surface area contributed by atoms with Gasteiger partial charge in [-0.05, 0) is 158 Å². The van der Waals surface area contributed by atoms with Crippen LogP contribution in [0.25, 0.3) is 0 Å². The van der Waals surface area contributed by atoms with Gasteiger partial charge in [-0.3, -0.25) is 9.59 Å². The number of aromatic carboxylic acids is 2. The van der Waals surface area contributed by atoms with Gasteiger partial charge in [0.15, 0.2) is 56.3 Å². The number of rotatable bonds is 25. The molecule has 0 aromatic heterocycles. The summed E-state index contributed by atoms with van der Waals surface area (Å²) in [5.74, 6) is -30.8. The van der Waals surface area contributed by atoms with Crippen molar-refractivity contribution >= 4 is 66.8 Å². The summed E-state index contributed by atoms with van der Waals surface area (Å²) >= 11 is 0. The van der Waals surface area contributed by atoms with Crippen molar-refractivity contribution in [3.05, 3.63) is 278 Å². The van der Waals surface area contributed by atoms with Gasteiger partial charge in [0, 0.05) is 55.4 Å². The van der Waals surface area contributed by atoms with Gasteiger partial charge in [-0.15, -0.1) is 0 Å². The van der Waals surface area contributed by atoms with E-state index in [-0.39, 0.29) is 75.2 Å². The first-order chi connectivity index (χ1) is 56.1. The number of carbonyl (C=O) groups is 5. The number of aromatic hydroxyl groups is 2. The Morgan fingerprint density at radius 2 is 0.782 bits per heavy atom. The van der Waals surface area contributed by atoms with Crippen molar-refractivity contribution in [2.45, 2.75) is 176 Å². The summed E-state index contributed by atoms with van der Waals surface area (Å²) in [6, 6.07) is 43.5. The average Bonchev–Trinajstić information content (AvgIpc) is 0.755. The second-order valence-electron chi connectivity index (χ2n) is 29.3. The van der Waals surface area contributed by atoms with E-state index in [1.54, 1.807) is 24.3 Å². The number of sulfonamides is 2. The molecule has 9 aromatic rings. The van der Waals surface area contributed by atoms with Crippen molar-refractivity contribution in [2.75, 3.05) is 29.2 Å². The van der Waals surface area contributed by atoms with E-state index in [1.165, 1.54) is 62.1 Å². The third kappa shape index (κ3) is 22.1. The molecule has 9 aromatic carbocycles. The van der Waals surface area contributed by atoms with Gasteiger partial charge in [-0.25, -0.2) is 70.3 Å².